The molecule has 0 unspecified atom stereocenters. The molecule has 0 aromatic heterocycles. The molecule has 1 aliphatic rings. The second-order valence-corrected chi connectivity index (χ2v) is 5.19. The Balaban J connectivity index is 2.14. The first-order valence-corrected chi connectivity index (χ1v) is 6.71. The van der Waals surface area contributed by atoms with Gasteiger partial charge in [0, 0.05) is 16.2 Å². The van der Waals surface area contributed by atoms with Crippen molar-refractivity contribution in [3.8, 4) is 0 Å². The molecule has 4 aromatic carbocycles. The van der Waals surface area contributed by atoms with Crippen LogP contribution in [0.5, 0.6) is 0 Å². The molecule has 2 nitrogen and oxygen atoms in total. The van der Waals surface area contributed by atoms with E-state index in [1.807, 2.05) is 0 Å². The standard InChI is InChI=1S/C18H10N2/c1-3-7-14-11(5-1)9-13-10-12-6-2-4-8-15(12)18-16(13)17(14)19-20-18/h1-10H. The Hall–Kier alpha value is -2.74. The van der Waals surface area contributed by atoms with E-state index in [0.29, 0.717) is 0 Å². The van der Waals surface area contributed by atoms with E-state index in [9.17, 15) is 0 Å². The van der Waals surface area contributed by atoms with Crippen molar-refractivity contribution in [2.24, 2.45) is 10.2 Å². The molecule has 0 saturated carbocycles. The lowest BCUT2D eigenvalue weighted by molar-refractivity contribution is 1.32. The molecule has 2 heteroatoms. The summed E-state index contributed by atoms with van der Waals surface area (Å²) in [6.07, 6.45) is 0. The number of rotatable bonds is 0. The fraction of sp³-hybridized carbons (Fsp3) is 0. The van der Waals surface area contributed by atoms with Crippen LogP contribution in [0.4, 0.5) is 11.4 Å². The summed E-state index contributed by atoms with van der Waals surface area (Å²) >= 11 is 0. The first-order valence-electron chi connectivity index (χ1n) is 6.71. The van der Waals surface area contributed by atoms with Gasteiger partial charge in [-0.3, -0.25) is 0 Å². The van der Waals surface area contributed by atoms with Gasteiger partial charge < -0.3 is 0 Å². The van der Waals surface area contributed by atoms with Crippen LogP contribution in [0.15, 0.2) is 70.9 Å². The second kappa shape index (κ2) is 3.42. The van der Waals surface area contributed by atoms with Crippen LogP contribution in [0.2, 0.25) is 0 Å². The Labute approximate surface area is 115 Å². The van der Waals surface area contributed by atoms with Gasteiger partial charge in [0.1, 0.15) is 11.4 Å². The molecule has 0 amide bonds. The molecule has 0 saturated heterocycles. The molecular formula is C18H10N2. The smallest absolute Gasteiger partial charge is 0.104 e. The molecule has 1 aliphatic heterocycles. The molecule has 0 bridgehead atoms. The molecule has 0 atom stereocenters. The molecule has 4 aromatic rings. The van der Waals surface area contributed by atoms with Gasteiger partial charge in [0.15, 0.2) is 0 Å². The summed E-state index contributed by atoms with van der Waals surface area (Å²) in [6.45, 7) is 0. The number of benzene rings is 4. The van der Waals surface area contributed by atoms with Gasteiger partial charge in [-0.15, -0.1) is 10.2 Å². The van der Waals surface area contributed by atoms with Crippen LogP contribution in [0.1, 0.15) is 0 Å². The maximum absolute atomic E-state index is 4.45. The van der Waals surface area contributed by atoms with E-state index in [2.05, 4.69) is 70.9 Å². The van der Waals surface area contributed by atoms with E-state index in [4.69, 9.17) is 0 Å². The van der Waals surface area contributed by atoms with Crippen LogP contribution >= 0.6 is 0 Å². The van der Waals surface area contributed by atoms with Gasteiger partial charge in [-0.25, -0.2) is 0 Å². The number of nitrogens with zero attached hydrogens (tertiary/aromatic N) is 2. The highest BCUT2D eigenvalue weighted by Crippen LogP contribution is 2.48. The van der Waals surface area contributed by atoms with Crippen LogP contribution in [0.3, 0.4) is 0 Å². The average molecular weight is 254 g/mol. The largest absolute Gasteiger partial charge is 0.149 e. The van der Waals surface area contributed by atoms with Gasteiger partial charge in [-0.1, -0.05) is 48.5 Å². The third-order valence-corrected chi connectivity index (χ3v) is 4.07. The fourth-order valence-corrected chi connectivity index (χ4v) is 3.16. The maximum Gasteiger partial charge on any atom is 0.104 e. The van der Waals surface area contributed by atoms with E-state index < -0.39 is 0 Å². The van der Waals surface area contributed by atoms with Gasteiger partial charge in [0.05, 0.1) is 0 Å². The quantitative estimate of drug-likeness (QED) is 0.308. The molecule has 0 spiro atoms. The summed E-state index contributed by atoms with van der Waals surface area (Å²) in [5.41, 5.74) is 2.03. The topological polar surface area (TPSA) is 24.7 Å². The van der Waals surface area contributed by atoms with Crippen molar-refractivity contribution in [2.75, 3.05) is 0 Å². The Morgan fingerprint density at radius 1 is 0.550 bits per heavy atom. The zero-order valence-electron chi connectivity index (χ0n) is 10.7. The van der Waals surface area contributed by atoms with E-state index in [1.54, 1.807) is 0 Å². The van der Waals surface area contributed by atoms with Crippen molar-refractivity contribution in [1.82, 2.24) is 0 Å². The highest BCUT2D eigenvalue weighted by Gasteiger charge is 2.18. The predicted molar refractivity (Wildman–Crippen MR) is 83.1 cm³/mol. The molecule has 0 radical (unpaired) electrons. The van der Waals surface area contributed by atoms with E-state index in [-0.39, 0.29) is 0 Å². The first kappa shape index (κ1) is 10.1. The van der Waals surface area contributed by atoms with Crippen molar-refractivity contribution >= 4 is 43.7 Å². The molecule has 1 heterocycles. The van der Waals surface area contributed by atoms with E-state index >= 15 is 0 Å². The molecule has 92 valence electrons. The Bertz CT molecular complexity index is 965. The zero-order valence-corrected chi connectivity index (χ0v) is 10.7. The van der Waals surface area contributed by atoms with Crippen molar-refractivity contribution in [3.05, 3.63) is 60.7 Å². The minimum atomic E-state index is 1.01. The minimum Gasteiger partial charge on any atom is -0.149 e. The van der Waals surface area contributed by atoms with Gasteiger partial charge >= 0.3 is 0 Å². The third-order valence-electron chi connectivity index (χ3n) is 4.07. The lowest BCUT2D eigenvalue weighted by Crippen LogP contribution is -1.79. The number of hydrogen-bond donors (Lipinski definition) is 0. The molecule has 0 aliphatic carbocycles. The highest BCUT2D eigenvalue weighted by atomic mass is 15.1. The maximum atomic E-state index is 4.45. The SMILES string of the molecule is c1ccc2c3c4c(c5ccccc5cc4cc2c1)N=N3. The average Bonchev–Trinajstić information content (AvgIpc) is 2.94. The van der Waals surface area contributed by atoms with Crippen LogP contribution < -0.4 is 0 Å². The molecular weight excluding hydrogens is 244 g/mol. The van der Waals surface area contributed by atoms with Gasteiger partial charge in [-0.05, 0) is 28.3 Å². The molecule has 5 rings (SSSR count). The van der Waals surface area contributed by atoms with Crippen molar-refractivity contribution < 1.29 is 0 Å². The lowest BCUT2D eigenvalue weighted by atomic mass is 9.97. The zero-order chi connectivity index (χ0) is 13.1. The lowest BCUT2D eigenvalue weighted by Gasteiger charge is -2.07. The van der Waals surface area contributed by atoms with Gasteiger partial charge in [-0.2, -0.15) is 0 Å². The molecule has 0 fully saturated rings. The minimum absolute atomic E-state index is 1.01. The van der Waals surface area contributed by atoms with Gasteiger partial charge in [0.25, 0.3) is 0 Å². The Morgan fingerprint density at radius 2 is 1.05 bits per heavy atom. The summed E-state index contributed by atoms with van der Waals surface area (Å²) in [6, 6.07) is 21.2. The van der Waals surface area contributed by atoms with Crippen LogP contribution in [-0.4, -0.2) is 0 Å². The fourth-order valence-electron chi connectivity index (χ4n) is 3.16. The summed E-state index contributed by atoms with van der Waals surface area (Å²) in [7, 11) is 0. The summed E-state index contributed by atoms with van der Waals surface area (Å²) in [4.78, 5) is 0. The normalized spacial score (nSPS) is 12.8. The number of hydrogen-bond acceptors (Lipinski definition) is 2. The van der Waals surface area contributed by atoms with Crippen molar-refractivity contribution in [3.63, 3.8) is 0 Å². The molecule has 20 heavy (non-hydrogen) atoms. The summed E-state index contributed by atoms with van der Waals surface area (Å²) < 4.78 is 0. The van der Waals surface area contributed by atoms with Crippen LogP contribution in [0.25, 0.3) is 32.3 Å². The number of azo groups is 1. The van der Waals surface area contributed by atoms with Gasteiger partial charge in [0.2, 0.25) is 0 Å². The van der Waals surface area contributed by atoms with Crippen LogP contribution in [0, 0.1) is 0 Å². The van der Waals surface area contributed by atoms with Crippen LogP contribution in [-0.2, 0) is 0 Å². The Kier molecular flexibility index (Phi) is 1.73. The van der Waals surface area contributed by atoms with E-state index in [1.165, 1.54) is 32.3 Å². The highest BCUT2D eigenvalue weighted by molar-refractivity contribution is 6.21. The van der Waals surface area contributed by atoms with E-state index in [0.717, 1.165) is 11.4 Å². The molecule has 0 N–H and O–H groups in total. The monoisotopic (exact) mass is 254 g/mol. The Morgan fingerprint density at radius 3 is 1.60 bits per heavy atom. The van der Waals surface area contributed by atoms with Crippen molar-refractivity contribution in [1.29, 1.82) is 0 Å². The van der Waals surface area contributed by atoms with Crippen molar-refractivity contribution in [2.45, 2.75) is 0 Å². The second-order valence-electron chi connectivity index (χ2n) is 5.19. The first-order chi connectivity index (χ1) is 9.92. The summed E-state index contributed by atoms with van der Waals surface area (Å²) in [5, 5.41) is 16.1. The summed E-state index contributed by atoms with van der Waals surface area (Å²) in [5.74, 6) is 0. The number of fused-ring (bicyclic) bond motifs is 4. The predicted octanol–water partition coefficient (Wildman–Crippen LogP) is 5.88. The third kappa shape index (κ3) is 1.14.